The Hall–Kier alpha value is -1.89. The second-order valence-electron chi connectivity index (χ2n) is 13.7. The lowest BCUT2D eigenvalue weighted by Gasteiger charge is -2.18. The maximum absolute atomic E-state index is 12.7. The molecule has 0 rings (SSSR count). The van der Waals surface area contributed by atoms with Crippen LogP contribution in [0, 0.1) is 0 Å². The van der Waals surface area contributed by atoms with Crippen LogP contribution >= 0.6 is 0 Å². The van der Waals surface area contributed by atoms with Gasteiger partial charge >= 0.3 is 11.9 Å². The molecule has 0 aromatic heterocycles. The molecule has 0 radical (unpaired) electrons. The number of hydrogen-bond donors (Lipinski definition) is 3. The summed E-state index contributed by atoms with van der Waals surface area (Å²) in [6.45, 7) is 4.92. The SMILES string of the molecule is CCCCCCC/C=C\CCCCCCCC(=O)OC(CCCCCCCCC)CCCCCCCC(=O)NC(CCCN)C(=O)O. The molecule has 2 atom stereocenters. The maximum Gasteiger partial charge on any atom is 0.326 e. The number of nitrogens with one attached hydrogen (secondary N) is 1. The maximum atomic E-state index is 12.7. The predicted molar refractivity (Wildman–Crippen MR) is 197 cm³/mol. The van der Waals surface area contributed by atoms with Gasteiger partial charge in [0.25, 0.3) is 0 Å². The molecule has 0 aliphatic heterocycles. The summed E-state index contributed by atoms with van der Waals surface area (Å²) < 4.78 is 6.00. The number of hydrogen-bond acceptors (Lipinski definition) is 5. The van der Waals surface area contributed by atoms with Crippen molar-refractivity contribution in [1.29, 1.82) is 0 Å². The largest absolute Gasteiger partial charge is 0.480 e. The Labute approximate surface area is 290 Å². The fourth-order valence-corrected chi connectivity index (χ4v) is 6.03. The van der Waals surface area contributed by atoms with Crippen molar-refractivity contribution < 1.29 is 24.2 Å². The smallest absolute Gasteiger partial charge is 0.326 e. The lowest BCUT2D eigenvalue weighted by atomic mass is 10.0. The second-order valence-corrected chi connectivity index (χ2v) is 13.7. The van der Waals surface area contributed by atoms with Gasteiger partial charge in [-0.3, -0.25) is 9.59 Å². The zero-order valence-corrected chi connectivity index (χ0v) is 30.9. The summed E-state index contributed by atoms with van der Waals surface area (Å²) in [6, 6.07) is -0.853. The second kappa shape index (κ2) is 35.4. The van der Waals surface area contributed by atoms with Gasteiger partial charge in [0, 0.05) is 12.8 Å². The first-order valence-electron chi connectivity index (χ1n) is 20.0. The van der Waals surface area contributed by atoms with Gasteiger partial charge in [-0.25, -0.2) is 4.79 Å². The van der Waals surface area contributed by atoms with Crippen LogP contribution in [0.5, 0.6) is 0 Å². The predicted octanol–water partition coefficient (Wildman–Crippen LogP) is 10.7. The average molecular weight is 665 g/mol. The highest BCUT2D eigenvalue weighted by atomic mass is 16.5. The molecule has 0 heterocycles. The van der Waals surface area contributed by atoms with Crippen molar-refractivity contribution in [3.63, 3.8) is 0 Å². The third kappa shape index (κ3) is 32.4. The van der Waals surface area contributed by atoms with Gasteiger partial charge in [-0.1, -0.05) is 129 Å². The van der Waals surface area contributed by atoms with Gasteiger partial charge in [0.2, 0.25) is 5.91 Å². The van der Waals surface area contributed by atoms with Crippen molar-refractivity contribution in [2.45, 2.75) is 219 Å². The van der Waals surface area contributed by atoms with Crippen LogP contribution in [0.3, 0.4) is 0 Å². The highest BCUT2D eigenvalue weighted by Gasteiger charge is 2.19. The van der Waals surface area contributed by atoms with Crippen LogP contribution < -0.4 is 11.1 Å². The van der Waals surface area contributed by atoms with Gasteiger partial charge in [-0.05, 0) is 83.6 Å². The van der Waals surface area contributed by atoms with E-state index in [1.807, 2.05) is 0 Å². The summed E-state index contributed by atoms with van der Waals surface area (Å²) in [6.07, 6.45) is 36.8. The summed E-state index contributed by atoms with van der Waals surface area (Å²) in [5, 5.41) is 11.9. The van der Waals surface area contributed by atoms with Crippen LogP contribution in [0.2, 0.25) is 0 Å². The first-order valence-corrected chi connectivity index (χ1v) is 20.0. The molecule has 0 spiro atoms. The van der Waals surface area contributed by atoms with E-state index in [1.165, 1.54) is 103 Å². The molecule has 2 unspecified atom stereocenters. The molecule has 0 aromatic carbocycles. The minimum Gasteiger partial charge on any atom is -0.480 e. The van der Waals surface area contributed by atoms with Gasteiger partial charge < -0.3 is 20.9 Å². The third-order valence-corrected chi connectivity index (χ3v) is 9.08. The lowest BCUT2D eigenvalue weighted by molar-refractivity contribution is -0.150. The number of esters is 1. The summed E-state index contributed by atoms with van der Waals surface area (Å²) in [7, 11) is 0. The Kier molecular flexibility index (Phi) is 34.0. The first-order chi connectivity index (χ1) is 22.9. The number of carbonyl (C=O) groups is 3. The summed E-state index contributed by atoms with van der Waals surface area (Å²) in [4.78, 5) is 36.2. The molecule has 0 aliphatic rings. The first kappa shape index (κ1) is 45.1. The molecular formula is C40H76N2O5. The average Bonchev–Trinajstić information content (AvgIpc) is 3.05. The zero-order valence-electron chi connectivity index (χ0n) is 30.9. The van der Waals surface area contributed by atoms with Gasteiger partial charge in [0.05, 0.1) is 0 Å². The van der Waals surface area contributed by atoms with E-state index in [0.717, 1.165) is 64.2 Å². The monoisotopic (exact) mass is 665 g/mol. The number of ether oxygens (including phenoxy) is 1. The van der Waals surface area contributed by atoms with Crippen molar-refractivity contribution >= 4 is 17.8 Å². The number of aliphatic carboxylic acids is 1. The van der Waals surface area contributed by atoms with Crippen molar-refractivity contribution in [3.05, 3.63) is 12.2 Å². The summed E-state index contributed by atoms with van der Waals surface area (Å²) in [5.74, 6) is -1.24. The van der Waals surface area contributed by atoms with E-state index in [-0.39, 0.29) is 18.0 Å². The van der Waals surface area contributed by atoms with Crippen LogP contribution in [0.1, 0.15) is 206 Å². The van der Waals surface area contributed by atoms with Crippen LogP contribution in [0.4, 0.5) is 0 Å². The van der Waals surface area contributed by atoms with E-state index in [4.69, 9.17) is 10.5 Å². The summed E-state index contributed by atoms with van der Waals surface area (Å²) in [5.41, 5.74) is 5.47. The van der Waals surface area contributed by atoms with E-state index in [2.05, 4.69) is 31.3 Å². The number of carbonyl (C=O) groups excluding carboxylic acids is 2. The third-order valence-electron chi connectivity index (χ3n) is 9.08. The molecular weight excluding hydrogens is 588 g/mol. The van der Waals surface area contributed by atoms with Crippen molar-refractivity contribution in [3.8, 4) is 0 Å². The van der Waals surface area contributed by atoms with Crippen LogP contribution in [-0.2, 0) is 19.1 Å². The molecule has 0 bridgehead atoms. The van der Waals surface area contributed by atoms with Gasteiger partial charge in [0.15, 0.2) is 0 Å². The standard InChI is InChI=1S/C40H76N2O5/c1-3-5-7-9-11-12-13-14-15-16-17-19-24-28-34-39(44)47-36(30-25-21-18-10-8-6-4-2)31-26-22-20-23-27-33-38(43)42-37(40(45)46)32-29-35-41/h13-14,36-37H,3-12,15-35,41H2,1-2H3,(H,42,43)(H,45,46)/b14-13-. The molecule has 0 aliphatic carbocycles. The Morgan fingerprint density at radius 3 is 1.53 bits per heavy atom. The number of amides is 1. The quantitative estimate of drug-likeness (QED) is 0.0348. The Balaban J connectivity index is 4.20. The van der Waals surface area contributed by atoms with Gasteiger partial charge in [0.1, 0.15) is 12.1 Å². The molecule has 276 valence electrons. The number of nitrogens with two attached hydrogens (primary N) is 1. The number of unbranched alkanes of at least 4 members (excludes halogenated alkanes) is 20. The Bertz CT molecular complexity index is 757. The summed E-state index contributed by atoms with van der Waals surface area (Å²) >= 11 is 0. The van der Waals surface area contributed by atoms with E-state index in [0.29, 0.717) is 32.2 Å². The lowest BCUT2D eigenvalue weighted by Crippen LogP contribution is -2.40. The number of rotatable bonds is 36. The van der Waals surface area contributed by atoms with E-state index in [9.17, 15) is 19.5 Å². The molecule has 0 aromatic rings. The molecule has 0 saturated carbocycles. The topological polar surface area (TPSA) is 119 Å². The number of carboxylic acids is 1. The molecule has 0 fully saturated rings. The fraction of sp³-hybridized carbons (Fsp3) is 0.875. The van der Waals surface area contributed by atoms with Crippen LogP contribution in [0.25, 0.3) is 0 Å². The van der Waals surface area contributed by atoms with E-state index >= 15 is 0 Å². The number of carboxylic acid groups (broad SMARTS) is 1. The normalized spacial score (nSPS) is 12.7. The minimum atomic E-state index is -1.00. The highest BCUT2D eigenvalue weighted by Crippen LogP contribution is 2.19. The van der Waals surface area contributed by atoms with Crippen LogP contribution in [-0.4, -0.2) is 41.6 Å². The Morgan fingerprint density at radius 1 is 0.596 bits per heavy atom. The van der Waals surface area contributed by atoms with E-state index < -0.39 is 12.0 Å². The fourth-order valence-electron chi connectivity index (χ4n) is 6.03. The van der Waals surface area contributed by atoms with Crippen molar-refractivity contribution in [1.82, 2.24) is 5.32 Å². The van der Waals surface area contributed by atoms with Crippen LogP contribution in [0.15, 0.2) is 12.2 Å². The van der Waals surface area contributed by atoms with Crippen molar-refractivity contribution in [2.24, 2.45) is 5.73 Å². The van der Waals surface area contributed by atoms with Crippen molar-refractivity contribution in [2.75, 3.05) is 6.54 Å². The molecule has 47 heavy (non-hydrogen) atoms. The molecule has 1 amide bonds. The molecule has 0 saturated heterocycles. The number of allylic oxidation sites excluding steroid dienone is 2. The highest BCUT2D eigenvalue weighted by molar-refractivity contribution is 5.83. The van der Waals surface area contributed by atoms with Gasteiger partial charge in [-0.2, -0.15) is 0 Å². The molecule has 7 heteroatoms. The minimum absolute atomic E-state index is 0.0174. The zero-order chi connectivity index (χ0) is 34.6. The van der Waals surface area contributed by atoms with E-state index in [1.54, 1.807) is 0 Å². The van der Waals surface area contributed by atoms with Gasteiger partial charge in [-0.15, -0.1) is 0 Å². The Morgan fingerprint density at radius 2 is 1.04 bits per heavy atom. The molecule has 4 N–H and O–H groups in total. The molecule has 7 nitrogen and oxygen atoms in total.